The summed E-state index contributed by atoms with van der Waals surface area (Å²) in [6, 6.07) is 0. The van der Waals surface area contributed by atoms with Crippen LogP contribution in [-0.2, 0) is 9.53 Å². The van der Waals surface area contributed by atoms with Crippen molar-refractivity contribution in [3.05, 3.63) is 0 Å². The van der Waals surface area contributed by atoms with Gasteiger partial charge in [0, 0.05) is 6.42 Å². The van der Waals surface area contributed by atoms with Gasteiger partial charge in [-0.15, -0.1) is 0 Å². The molecule has 4 fully saturated rings. The van der Waals surface area contributed by atoms with E-state index in [0.29, 0.717) is 35.7 Å². The van der Waals surface area contributed by atoms with E-state index in [1.165, 1.54) is 154 Å². The molecule has 280 valence electrons. The van der Waals surface area contributed by atoms with Crippen LogP contribution < -0.4 is 0 Å². The number of rotatable bonds is 23. The predicted molar refractivity (Wildman–Crippen MR) is 207 cm³/mol. The molecule has 1 unspecified atom stereocenters. The molecule has 4 aliphatic carbocycles. The Morgan fingerprint density at radius 3 is 1.92 bits per heavy atom. The number of fused-ring (bicyclic) bond motifs is 5. The molecule has 0 spiro atoms. The van der Waals surface area contributed by atoms with E-state index in [4.69, 9.17) is 4.74 Å². The lowest BCUT2D eigenvalue weighted by atomic mass is 9.44. The summed E-state index contributed by atoms with van der Waals surface area (Å²) in [5, 5.41) is 0. The number of carbonyl (C=O) groups excluding carboxylic acids is 1. The van der Waals surface area contributed by atoms with Crippen LogP contribution in [0.25, 0.3) is 0 Å². The van der Waals surface area contributed by atoms with Gasteiger partial charge in [-0.3, -0.25) is 4.79 Å². The van der Waals surface area contributed by atoms with Crippen LogP contribution in [0.2, 0.25) is 0 Å². The zero-order chi connectivity index (χ0) is 34.4. The average molecular weight is 669 g/mol. The Hall–Kier alpha value is -0.530. The third kappa shape index (κ3) is 11.0. The maximum atomic E-state index is 12.5. The minimum absolute atomic E-state index is 0.0430. The third-order valence-corrected chi connectivity index (χ3v) is 15.8. The molecule has 2 nitrogen and oxygen atoms in total. The molecule has 0 radical (unpaired) electrons. The van der Waals surface area contributed by atoms with E-state index < -0.39 is 0 Å². The maximum Gasteiger partial charge on any atom is 0.305 e. The highest BCUT2D eigenvalue weighted by atomic mass is 16.5. The zero-order valence-electron chi connectivity index (χ0n) is 33.4. The number of hydrogen-bond acceptors (Lipinski definition) is 2. The van der Waals surface area contributed by atoms with E-state index in [1.807, 2.05) is 0 Å². The topological polar surface area (TPSA) is 26.3 Å². The molecule has 4 saturated carbocycles. The molecule has 0 heterocycles. The Bertz CT molecular complexity index is 894. The van der Waals surface area contributed by atoms with Crippen LogP contribution >= 0.6 is 0 Å². The summed E-state index contributed by atoms with van der Waals surface area (Å²) in [6.07, 6.45) is 38.4. The van der Waals surface area contributed by atoms with Crippen LogP contribution in [0.1, 0.15) is 221 Å². The van der Waals surface area contributed by atoms with E-state index in [-0.39, 0.29) is 5.97 Å². The Kier molecular flexibility index (Phi) is 17.2. The molecule has 0 bridgehead atoms. The molecular formula is C46H84O2. The van der Waals surface area contributed by atoms with Gasteiger partial charge in [-0.2, -0.15) is 0 Å². The second-order valence-corrected chi connectivity index (χ2v) is 19.0. The summed E-state index contributed by atoms with van der Waals surface area (Å²) in [5.41, 5.74) is 1.24. The normalized spacial score (nSPS) is 32.8. The van der Waals surface area contributed by atoms with Crippen molar-refractivity contribution >= 4 is 5.97 Å². The van der Waals surface area contributed by atoms with Crippen molar-refractivity contribution < 1.29 is 9.53 Å². The van der Waals surface area contributed by atoms with Gasteiger partial charge < -0.3 is 4.74 Å². The number of ether oxygens (including phenoxy) is 1. The van der Waals surface area contributed by atoms with Crippen molar-refractivity contribution in [2.24, 2.45) is 58.2 Å². The summed E-state index contributed by atoms with van der Waals surface area (Å²) in [4.78, 5) is 12.5. The Balaban J connectivity index is 1.06. The molecule has 48 heavy (non-hydrogen) atoms. The van der Waals surface area contributed by atoms with Gasteiger partial charge in [0.2, 0.25) is 0 Å². The molecule has 0 N–H and O–H groups in total. The van der Waals surface area contributed by atoms with Gasteiger partial charge in [-0.1, -0.05) is 144 Å². The van der Waals surface area contributed by atoms with Gasteiger partial charge >= 0.3 is 5.97 Å². The summed E-state index contributed by atoms with van der Waals surface area (Å²) >= 11 is 0. The Labute approximate surface area is 300 Å². The van der Waals surface area contributed by atoms with Gasteiger partial charge in [0.15, 0.2) is 0 Å². The molecule has 0 aromatic rings. The summed E-state index contributed by atoms with van der Waals surface area (Å²) in [6.45, 7) is 15.8. The highest BCUT2D eigenvalue weighted by molar-refractivity contribution is 5.69. The zero-order valence-corrected chi connectivity index (χ0v) is 33.4. The first-order valence-corrected chi connectivity index (χ1v) is 22.4. The lowest BCUT2D eigenvalue weighted by molar-refractivity contribution is -0.144. The minimum Gasteiger partial charge on any atom is -0.466 e. The van der Waals surface area contributed by atoms with E-state index >= 15 is 0 Å². The van der Waals surface area contributed by atoms with Crippen molar-refractivity contribution in [2.45, 2.75) is 221 Å². The molecule has 2 heteroatoms. The van der Waals surface area contributed by atoms with E-state index in [2.05, 4.69) is 41.5 Å². The van der Waals surface area contributed by atoms with E-state index in [0.717, 1.165) is 48.3 Å². The average Bonchev–Trinajstić information content (AvgIpc) is 3.43. The third-order valence-electron chi connectivity index (χ3n) is 15.8. The highest BCUT2D eigenvalue weighted by Gasteiger charge is 2.60. The standard InChI is InChI=1S/C46H84O2/c1-7-8-9-10-11-12-13-14-15-16-17-18-19-20-24-44(47)48-35-32-38(36(2)3)26-25-37(4)41-29-30-42-40-28-27-39-23-21-22-33-45(39,5)43(40)31-34-46(41,42)6/h36-43H,7-35H2,1-6H3/t37-,38+,39?,40+,41-,42+,43+,45+,46-/m1/s1. The first-order valence-electron chi connectivity index (χ1n) is 22.4. The molecule has 0 aromatic heterocycles. The smallest absolute Gasteiger partial charge is 0.305 e. The van der Waals surface area contributed by atoms with Crippen molar-refractivity contribution in [2.75, 3.05) is 6.61 Å². The number of hydrogen-bond donors (Lipinski definition) is 0. The van der Waals surface area contributed by atoms with Gasteiger partial charge in [-0.05, 0) is 129 Å². The first-order chi connectivity index (χ1) is 23.2. The van der Waals surface area contributed by atoms with Crippen molar-refractivity contribution in [1.82, 2.24) is 0 Å². The second-order valence-electron chi connectivity index (χ2n) is 19.0. The van der Waals surface area contributed by atoms with Crippen LogP contribution in [0.4, 0.5) is 0 Å². The molecule has 0 amide bonds. The number of carbonyl (C=O) groups is 1. The van der Waals surface area contributed by atoms with Crippen molar-refractivity contribution in [3.63, 3.8) is 0 Å². The molecule has 4 aliphatic rings. The van der Waals surface area contributed by atoms with Crippen LogP contribution in [0, 0.1) is 58.2 Å². The van der Waals surface area contributed by atoms with Gasteiger partial charge in [0.05, 0.1) is 6.61 Å². The lowest BCUT2D eigenvalue weighted by Crippen LogP contribution is -2.53. The Morgan fingerprint density at radius 1 is 0.646 bits per heavy atom. The fourth-order valence-corrected chi connectivity index (χ4v) is 12.6. The van der Waals surface area contributed by atoms with E-state index in [9.17, 15) is 4.79 Å². The monoisotopic (exact) mass is 669 g/mol. The number of unbranched alkanes of at least 4 members (excludes halogenated alkanes) is 13. The molecule has 0 saturated heterocycles. The minimum atomic E-state index is 0.0430. The van der Waals surface area contributed by atoms with Crippen molar-refractivity contribution in [1.29, 1.82) is 0 Å². The summed E-state index contributed by atoms with van der Waals surface area (Å²) in [7, 11) is 0. The summed E-state index contributed by atoms with van der Waals surface area (Å²) < 4.78 is 5.79. The SMILES string of the molecule is CCCCCCCCCCCCCCCCC(=O)OCC[C@H](CC[C@@H](C)[C@H]1CC[C@H]2[C@@H]3CCC4CCCC[C@]4(C)[C@H]3CC[C@]12C)C(C)C. The maximum absolute atomic E-state index is 12.5. The van der Waals surface area contributed by atoms with Crippen LogP contribution in [-0.4, -0.2) is 12.6 Å². The second kappa shape index (κ2) is 20.5. The van der Waals surface area contributed by atoms with Gasteiger partial charge in [0.1, 0.15) is 0 Å². The Morgan fingerprint density at radius 2 is 1.27 bits per heavy atom. The molecule has 4 rings (SSSR count). The molecule has 0 aliphatic heterocycles. The quantitative estimate of drug-likeness (QED) is 0.0800. The highest BCUT2D eigenvalue weighted by Crippen LogP contribution is 2.68. The molecular weight excluding hydrogens is 585 g/mol. The fourth-order valence-electron chi connectivity index (χ4n) is 12.6. The number of esters is 1. The largest absolute Gasteiger partial charge is 0.466 e. The lowest BCUT2D eigenvalue weighted by Gasteiger charge is -2.61. The molecule has 0 aromatic carbocycles. The van der Waals surface area contributed by atoms with Crippen molar-refractivity contribution in [3.8, 4) is 0 Å². The van der Waals surface area contributed by atoms with Gasteiger partial charge in [-0.25, -0.2) is 0 Å². The van der Waals surface area contributed by atoms with Gasteiger partial charge in [0.25, 0.3) is 0 Å². The predicted octanol–water partition coefficient (Wildman–Crippen LogP) is 14.5. The van der Waals surface area contributed by atoms with E-state index in [1.54, 1.807) is 6.42 Å². The fraction of sp³-hybridized carbons (Fsp3) is 0.978. The van der Waals surface area contributed by atoms with Crippen LogP contribution in [0.3, 0.4) is 0 Å². The molecule has 9 atom stereocenters. The first kappa shape index (κ1) is 40.2. The summed E-state index contributed by atoms with van der Waals surface area (Å²) in [5.74, 6) is 7.17. The van der Waals surface area contributed by atoms with Crippen LogP contribution in [0.15, 0.2) is 0 Å². The van der Waals surface area contributed by atoms with Crippen LogP contribution in [0.5, 0.6) is 0 Å².